The zero-order valence-corrected chi connectivity index (χ0v) is 14.4. The molecule has 3 fully saturated rings. The highest BCUT2D eigenvalue weighted by atomic mass is 32.1. The highest BCUT2D eigenvalue weighted by Gasteiger charge is 2.37. The Bertz CT molecular complexity index is 635. The average Bonchev–Trinajstić information content (AvgIpc) is 3.01. The van der Waals surface area contributed by atoms with E-state index in [4.69, 9.17) is 0 Å². The van der Waals surface area contributed by atoms with Crippen LogP contribution in [0.25, 0.3) is 0 Å². The molecular formula is C17H23N5S. The minimum Gasteiger partial charge on any atom is -0.302 e. The van der Waals surface area contributed by atoms with Crippen molar-refractivity contribution in [2.75, 3.05) is 19.6 Å². The quantitative estimate of drug-likeness (QED) is 0.842. The van der Waals surface area contributed by atoms with Crippen LogP contribution in [0.1, 0.15) is 28.4 Å². The zero-order chi connectivity index (χ0) is 15.6. The number of aryl methyl sites for hydroxylation is 1. The van der Waals surface area contributed by atoms with E-state index < -0.39 is 0 Å². The van der Waals surface area contributed by atoms with E-state index >= 15 is 0 Å². The molecule has 5 heterocycles. The lowest BCUT2D eigenvalue weighted by molar-refractivity contribution is -0.00274. The number of hydrogen-bond donors (Lipinski definition) is 0. The molecule has 122 valence electrons. The molecule has 6 heteroatoms. The third kappa shape index (κ3) is 3.44. The Morgan fingerprint density at radius 1 is 1.26 bits per heavy atom. The van der Waals surface area contributed by atoms with Crippen molar-refractivity contribution < 1.29 is 0 Å². The van der Waals surface area contributed by atoms with Crippen LogP contribution in [-0.4, -0.2) is 50.7 Å². The van der Waals surface area contributed by atoms with Crippen molar-refractivity contribution in [3.8, 4) is 0 Å². The lowest BCUT2D eigenvalue weighted by atomic mass is 9.83. The summed E-state index contributed by atoms with van der Waals surface area (Å²) in [4.78, 5) is 9.50. The van der Waals surface area contributed by atoms with Gasteiger partial charge in [0.2, 0.25) is 0 Å². The van der Waals surface area contributed by atoms with Gasteiger partial charge < -0.3 is 4.90 Å². The summed E-state index contributed by atoms with van der Waals surface area (Å²) in [6.45, 7) is 7.63. The topological polar surface area (TPSA) is 45.2 Å². The van der Waals surface area contributed by atoms with Crippen molar-refractivity contribution in [1.82, 2.24) is 25.0 Å². The van der Waals surface area contributed by atoms with Crippen LogP contribution in [0.2, 0.25) is 0 Å². The number of fused-ring (bicyclic) bond motifs is 3. The van der Waals surface area contributed by atoms with Gasteiger partial charge in [-0.2, -0.15) is 0 Å². The lowest BCUT2D eigenvalue weighted by Crippen LogP contribution is -2.56. The standard InChI is InChI=1S/C17H23N5S/c1-13-19-20-17(23-13)12-22(10-14-3-2-6-18-9-14)16-11-21-7-4-15(16)5-8-21/h2-3,6,9,15-16H,4-5,7-8,10-12H2,1H3/t16-/m0/s1. The summed E-state index contributed by atoms with van der Waals surface area (Å²) in [7, 11) is 0. The van der Waals surface area contributed by atoms with E-state index in [9.17, 15) is 0 Å². The molecule has 0 unspecified atom stereocenters. The molecular weight excluding hydrogens is 306 g/mol. The van der Waals surface area contributed by atoms with Gasteiger partial charge in [-0.1, -0.05) is 6.07 Å². The molecule has 1 atom stereocenters. The van der Waals surface area contributed by atoms with Crippen molar-refractivity contribution >= 4 is 11.3 Å². The van der Waals surface area contributed by atoms with Crippen LogP contribution in [0.5, 0.6) is 0 Å². The molecule has 23 heavy (non-hydrogen) atoms. The van der Waals surface area contributed by atoms with Gasteiger partial charge in [0.15, 0.2) is 0 Å². The monoisotopic (exact) mass is 329 g/mol. The molecule has 3 aliphatic rings. The molecule has 0 N–H and O–H groups in total. The number of piperidine rings is 3. The third-order valence-corrected chi connectivity index (χ3v) is 5.93. The highest BCUT2D eigenvalue weighted by molar-refractivity contribution is 7.11. The molecule has 0 aromatic carbocycles. The van der Waals surface area contributed by atoms with E-state index in [1.54, 1.807) is 11.3 Å². The van der Waals surface area contributed by atoms with Gasteiger partial charge in [0.05, 0.1) is 6.54 Å². The number of aromatic nitrogens is 3. The summed E-state index contributed by atoms with van der Waals surface area (Å²) >= 11 is 1.72. The van der Waals surface area contributed by atoms with E-state index in [-0.39, 0.29) is 0 Å². The Labute approximate surface area is 141 Å². The van der Waals surface area contributed by atoms with Crippen molar-refractivity contribution in [2.24, 2.45) is 5.92 Å². The molecule has 3 aliphatic heterocycles. The minimum absolute atomic E-state index is 0.627. The fraction of sp³-hybridized carbons (Fsp3) is 0.588. The second kappa shape index (κ2) is 6.63. The Kier molecular flexibility index (Phi) is 4.37. The summed E-state index contributed by atoms with van der Waals surface area (Å²) < 4.78 is 0. The Morgan fingerprint density at radius 2 is 2.13 bits per heavy atom. The Hall–Kier alpha value is -1.37. The fourth-order valence-electron chi connectivity index (χ4n) is 3.94. The van der Waals surface area contributed by atoms with Crippen LogP contribution in [0.3, 0.4) is 0 Å². The normalized spacial score (nSPS) is 26.8. The van der Waals surface area contributed by atoms with Crippen LogP contribution < -0.4 is 0 Å². The summed E-state index contributed by atoms with van der Waals surface area (Å²) in [5.41, 5.74) is 1.28. The van der Waals surface area contributed by atoms with Gasteiger partial charge in [-0.3, -0.25) is 9.88 Å². The predicted molar refractivity (Wildman–Crippen MR) is 91.1 cm³/mol. The van der Waals surface area contributed by atoms with Crippen LogP contribution >= 0.6 is 11.3 Å². The zero-order valence-electron chi connectivity index (χ0n) is 13.6. The van der Waals surface area contributed by atoms with Crippen molar-refractivity contribution in [2.45, 2.75) is 38.9 Å². The van der Waals surface area contributed by atoms with Crippen LogP contribution in [0.15, 0.2) is 24.5 Å². The fourth-order valence-corrected chi connectivity index (χ4v) is 4.67. The maximum Gasteiger partial charge on any atom is 0.131 e. The van der Waals surface area contributed by atoms with Crippen LogP contribution in [0.4, 0.5) is 0 Å². The SMILES string of the molecule is Cc1nnc(CN(Cc2cccnc2)[C@H]2CN3CCC2CC3)s1. The molecule has 0 saturated carbocycles. The molecule has 2 aromatic rings. The molecule has 0 spiro atoms. The Balaban J connectivity index is 1.55. The highest BCUT2D eigenvalue weighted by Crippen LogP contribution is 2.32. The van der Waals surface area contributed by atoms with E-state index in [1.807, 2.05) is 25.4 Å². The maximum absolute atomic E-state index is 4.35. The second-order valence-electron chi connectivity index (χ2n) is 6.69. The molecule has 5 rings (SSSR count). The summed E-state index contributed by atoms with van der Waals surface area (Å²) in [6.07, 6.45) is 6.50. The van der Waals surface area contributed by atoms with Crippen LogP contribution in [-0.2, 0) is 13.1 Å². The second-order valence-corrected chi connectivity index (χ2v) is 7.95. The van der Waals surface area contributed by atoms with Gasteiger partial charge in [0.25, 0.3) is 0 Å². The first-order valence-corrected chi connectivity index (χ1v) is 9.24. The van der Waals surface area contributed by atoms with Crippen molar-refractivity contribution in [3.63, 3.8) is 0 Å². The van der Waals surface area contributed by atoms with E-state index in [2.05, 4.69) is 31.0 Å². The molecule has 3 saturated heterocycles. The average molecular weight is 329 g/mol. The first-order valence-electron chi connectivity index (χ1n) is 8.42. The number of rotatable bonds is 5. The van der Waals surface area contributed by atoms with E-state index in [0.717, 1.165) is 29.0 Å². The maximum atomic E-state index is 4.35. The summed E-state index contributed by atoms with van der Waals surface area (Å²) in [6, 6.07) is 4.83. The third-order valence-electron chi connectivity index (χ3n) is 5.11. The molecule has 2 bridgehead atoms. The van der Waals surface area contributed by atoms with Gasteiger partial charge in [-0.05, 0) is 50.4 Å². The summed E-state index contributed by atoms with van der Waals surface area (Å²) in [5, 5.41) is 10.7. The summed E-state index contributed by atoms with van der Waals surface area (Å²) in [5.74, 6) is 0.825. The number of pyridine rings is 1. The molecule has 0 aliphatic carbocycles. The largest absolute Gasteiger partial charge is 0.302 e. The van der Waals surface area contributed by atoms with Crippen molar-refractivity contribution in [3.05, 3.63) is 40.1 Å². The minimum atomic E-state index is 0.627. The van der Waals surface area contributed by atoms with Gasteiger partial charge in [0.1, 0.15) is 10.0 Å². The number of hydrogen-bond acceptors (Lipinski definition) is 6. The molecule has 2 aromatic heterocycles. The van der Waals surface area contributed by atoms with Crippen LogP contribution in [0, 0.1) is 12.8 Å². The predicted octanol–water partition coefficient (Wildman–Crippen LogP) is 2.34. The van der Waals surface area contributed by atoms with Gasteiger partial charge in [-0.15, -0.1) is 21.5 Å². The van der Waals surface area contributed by atoms with Crippen molar-refractivity contribution in [1.29, 1.82) is 0 Å². The lowest BCUT2D eigenvalue weighted by Gasteiger charge is -2.49. The first kappa shape index (κ1) is 15.2. The van der Waals surface area contributed by atoms with E-state index in [0.29, 0.717) is 6.04 Å². The molecule has 0 radical (unpaired) electrons. The van der Waals surface area contributed by atoms with Gasteiger partial charge in [0, 0.05) is 31.5 Å². The first-order chi connectivity index (χ1) is 11.3. The van der Waals surface area contributed by atoms with Gasteiger partial charge in [-0.25, -0.2) is 0 Å². The van der Waals surface area contributed by atoms with E-state index in [1.165, 1.54) is 38.0 Å². The Morgan fingerprint density at radius 3 is 2.74 bits per heavy atom. The molecule has 0 amide bonds. The molecule has 5 nitrogen and oxygen atoms in total. The van der Waals surface area contributed by atoms with Gasteiger partial charge >= 0.3 is 0 Å². The number of nitrogens with zero attached hydrogens (tertiary/aromatic N) is 5. The smallest absolute Gasteiger partial charge is 0.131 e.